The zero-order chi connectivity index (χ0) is 21.4. The highest BCUT2D eigenvalue weighted by molar-refractivity contribution is 6.30. The van der Waals surface area contributed by atoms with Crippen LogP contribution in [-0.2, 0) is 13.0 Å². The normalized spacial score (nSPS) is 12.5. The SMILES string of the molecule is COc1ccc2nc(C(N)Cc3c[nH]c4ccccc34)n(Cc3cccc(Cl)c3)c2c1. The number of aromatic amines is 1. The third-order valence-corrected chi connectivity index (χ3v) is 5.90. The maximum absolute atomic E-state index is 6.74. The van der Waals surface area contributed by atoms with E-state index in [1.807, 2.05) is 54.7 Å². The lowest BCUT2D eigenvalue weighted by Crippen LogP contribution is -2.19. The van der Waals surface area contributed by atoms with E-state index in [4.69, 9.17) is 27.1 Å². The van der Waals surface area contributed by atoms with Crippen molar-refractivity contribution in [1.82, 2.24) is 14.5 Å². The number of fused-ring (bicyclic) bond motifs is 2. The third kappa shape index (κ3) is 3.78. The number of nitrogens with two attached hydrogens (primary N) is 1. The van der Waals surface area contributed by atoms with Gasteiger partial charge in [-0.25, -0.2) is 4.98 Å². The lowest BCUT2D eigenvalue weighted by molar-refractivity contribution is 0.415. The molecule has 5 nitrogen and oxygen atoms in total. The number of benzene rings is 3. The molecule has 156 valence electrons. The van der Waals surface area contributed by atoms with Gasteiger partial charge in [-0.05, 0) is 47.9 Å². The van der Waals surface area contributed by atoms with Crippen LogP contribution in [0.5, 0.6) is 5.75 Å². The quantitative estimate of drug-likeness (QED) is 0.375. The van der Waals surface area contributed by atoms with Crippen molar-refractivity contribution < 1.29 is 4.74 Å². The smallest absolute Gasteiger partial charge is 0.127 e. The van der Waals surface area contributed by atoms with E-state index in [0.717, 1.165) is 33.7 Å². The van der Waals surface area contributed by atoms with Gasteiger partial charge in [0.1, 0.15) is 11.6 Å². The van der Waals surface area contributed by atoms with E-state index in [1.54, 1.807) is 7.11 Å². The Kier molecular flexibility index (Phi) is 5.14. The molecule has 31 heavy (non-hydrogen) atoms. The van der Waals surface area contributed by atoms with Crippen LogP contribution in [-0.4, -0.2) is 21.6 Å². The number of hydrogen-bond acceptors (Lipinski definition) is 3. The Labute approximate surface area is 185 Å². The molecule has 0 saturated carbocycles. The predicted octanol–water partition coefficient (Wildman–Crippen LogP) is 5.47. The van der Waals surface area contributed by atoms with Gasteiger partial charge in [-0.3, -0.25) is 0 Å². The largest absolute Gasteiger partial charge is 0.497 e. The number of nitrogens with one attached hydrogen (secondary N) is 1. The number of rotatable bonds is 6. The van der Waals surface area contributed by atoms with Gasteiger partial charge in [0.05, 0.1) is 24.2 Å². The Bertz CT molecular complexity index is 1370. The van der Waals surface area contributed by atoms with Crippen LogP contribution in [0.15, 0.2) is 72.9 Å². The summed E-state index contributed by atoms with van der Waals surface area (Å²) in [6.07, 6.45) is 2.72. The number of H-pyrrole nitrogens is 1. The Morgan fingerprint density at radius 3 is 2.81 bits per heavy atom. The fourth-order valence-corrected chi connectivity index (χ4v) is 4.36. The van der Waals surface area contributed by atoms with Crippen molar-refractivity contribution in [3.8, 4) is 5.75 Å². The molecule has 0 fully saturated rings. The molecule has 0 aliphatic rings. The van der Waals surface area contributed by atoms with Crippen LogP contribution in [0.25, 0.3) is 21.9 Å². The molecule has 2 heterocycles. The van der Waals surface area contributed by atoms with Gasteiger partial charge in [-0.15, -0.1) is 0 Å². The van der Waals surface area contributed by atoms with Crippen molar-refractivity contribution in [2.75, 3.05) is 7.11 Å². The molecule has 0 saturated heterocycles. The highest BCUT2D eigenvalue weighted by Crippen LogP contribution is 2.28. The van der Waals surface area contributed by atoms with Gasteiger partial charge < -0.3 is 20.0 Å². The molecule has 0 spiro atoms. The molecule has 5 aromatic rings. The third-order valence-electron chi connectivity index (χ3n) is 5.66. The highest BCUT2D eigenvalue weighted by atomic mass is 35.5. The van der Waals surface area contributed by atoms with Gasteiger partial charge in [0, 0.05) is 34.7 Å². The minimum absolute atomic E-state index is 0.267. The number of methoxy groups -OCH3 is 1. The van der Waals surface area contributed by atoms with E-state index >= 15 is 0 Å². The van der Waals surface area contributed by atoms with E-state index < -0.39 is 0 Å². The summed E-state index contributed by atoms with van der Waals surface area (Å²) in [5.41, 5.74) is 12.0. The topological polar surface area (TPSA) is 68.9 Å². The maximum atomic E-state index is 6.74. The van der Waals surface area contributed by atoms with Crippen LogP contribution in [0.1, 0.15) is 23.0 Å². The fraction of sp³-hybridized carbons (Fsp3) is 0.160. The molecule has 2 aromatic heterocycles. The first-order chi connectivity index (χ1) is 15.1. The zero-order valence-corrected chi connectivity index (χ0v) is 17.9. The van der Waals surface area contributed by atoms with Crippen LogP contribution in [0, 0.1) is 0 Å². The molecule has 3 aromatic carbocycles. The molecule has 5 rings (SSSR count). The number of halogens is 1. The first-order valence-electron chi connectivity index (χ1n) is 10.2. The van der Waals surface area contributed by atoms with Gasteiger partial charge in [-0.1, -0.05) is 41.9 Å². The van der Waals surface area contributed by atoms with E-state index in [-0.39, 0.29) is 6.04 Å². The summed E-state index contributed by atoms with van der Waals surface area (Å²) in [7, 11) is 1.67. The maximum Gasteiger partial charge on any atom is 0.127 e. The first-order valence-corrected chi connectivity index (χ1v) is 10.6. The second-order valence-electron chi connectivity index (χ2n) is 7.71. The number of hydrogen-bond donors (Lipinski definition) is 2. The molecule has 0 amide bonds. The molecule has 0 radical (unpaired) electrons. The van der Waals surface area contributed by atoms with Gasteiger partial charge in [-0.2, -0.15) is 0 Å². The Balaban J connectivity index is 1.57. The van der Waals surface area contributed by atoms with E-state index in [2.05, 4.69) is 27.8 Å². The van der Waals surface area contributed by atoms with Gasteiger partial charge >= 0.3 is 0 Å². The summed E-state index contributed by atoms with van der Waals surface area (Å²) in [5, 5.41) is 1.90. The minimum atomic E-state index is -0.267. The second kappa shape index (κ2) is 8.10. The first kappa shape index (κ1) is 19.7. The zero-order valence-electron chi connectivity index (χ0n) is 17.2. The number of para-hydroxylation sites is 1. The van der Waals surface area contributed by atoms with Crippen molar-refractivity contribution >= 4 is 33.5 Å². The standard InChI is InChI=1S/C25H23ClN4O/c1-31-19-9-10-23-24(13-19)30(15-16-5-4-6-18(26)11-16)25(29-23)21(27)12-17-14-28-22-8-3-2-7-20(17)22/h2-11,13-14,21,28H,12,15,27H2,1H3. The average Bonchev–Trinajstić information content (AvgIpc) is 3.35. The summed E-state index contributed by atoms with van der Waals surface area (Å²) < 4.78 is 7.62. The summed E-state index contributed by atoms with van der Waals surface area (Å²) >= 11 is 6.23. The van der Waals surface area contributed by atoms with E-state index in [0.29, 0.717) is 18.0 Å². The summed E-state index contributed by atoms with van der Waals surface area (Å²) in [6, 6.07) is 21.8. The van der Waals surface area contributed by atoms with Crippen LogP contribution < -0.4 is 10.5 Å². The monoisotopic (exact) mass is 430 g/mol. The van der Waals surface area contributed by atoms with Crippen LogP contribution in [0.3, 0.4) is 0 Å². The summed E-state index contributed by atoms with van der Waals surface area (Å²) in [4.78, 5) is 8.24. The van der Waals surface area contributed by atoms with Gasteiger partial charge in [0.15, 0.2) is 0 Å². The van der Waals surface area contributed by atoms with Crippen molar-refractivity contribution in [3.05, 3.63) is 94.9 Å². The Morgan fingerprint density at radius 1 is 1.10 bits per heavy atom. The molecule has 1 atom stereocenters. The number of nitrogens with zero attached hydrogens (tertiary/aromatic N) is 2. The fourth-order valence-electron chi connectivity index (χ4n) is 4.14. The lowest BCUT2D eigenvalue weighted by Gasteiger charge is -2.15. The predicted molar refractivity (Wildman–Crippen MR) is 126 cm³/mol. The molecule has 0 bridgehead atoms. The van der Waals surface area contributed by atoms with Crippen LogP contribution in [0.2, 0.25) is 5.02 Å². The molecule has 0 aliphatic carbocycles. The van der Waals surface area contributed by atoms with Crippen LogP contribution in [0.4, 0.5) is 0 Å². The molecular formula is C25H23ClN4O. The average molecular weight is 431 g/mol. The summed E-state index contributed by atoms with van der Waals surface area (Å²) in [5.74, 6) is 1.63. The lowest BCUT2D eigenvalue weighted by atomic mass is 10.0. The van der Waals surface area contributed by atoms with Crippen molar-refractivity contribution in [2.24, 2.45) is 5.73 Å². The van der Waals surface area contributed by atoms with Crippen molar-refractivity contribution in [2.45, 2.75) is 19.0 Å². The van der Waals surface area contributed by atoms with E-state index in [9.17, 15) is 0 Å². The molecule has 6 heteroatoms. The van der Waals surface area contributed by atoms with E-state index in [1.165, 1.54) is 10.9 Å². The second-order valence-corrected chi connectivity index (χ2v) is 8.15. The van der Waals surface area contributed by atoms with Crippen LogP contribution >= 0.6 is 11.6 Å². The molecular weight excluding hydrogens is 408 g/mol. The summed E-state index contributed by atoms with van der Waals surface area (Å²) in [6.45, 7) is 0.626. The number of ether oxygens (including phenoxy) is 1. The van der Waals surface area contributed by atoms with Crippen molar-refractivity contribution in [3.63, 3.8) is 0 Å². The van der Waals surface area contributed by atoms with Gasteiger partial charge in [0.25, 0.3) is 0 Å². The molecule has 0 aliphatic heterocycles. The highest BCUT2D eigenvalue weighted by Gasteiger charge is 2.20. The molecule has 1 unspecified atom stereocenters. The minimum Gasteiger partial charge on any atom is -0.497 e. The van der Waals surface area contributed by atoms with Crippen molar-refractivity contribution in [1.29, 1.82) is 0 Å². The number of imidazole rings is 1. The Hall–Kier alpha value is -3.28. The number of aromatic nitrogens is 3. The molecule has 3 N–H and O–H groups in total. The van der Waals surface area contributed by atoms with Gasteiger partial charge in [0.2, 0.25) is 0 Å². The Morgan fingerprint density at radius 2 is 1.97 bits per heavy atom.